The van der Waals surface area contributed by atoms with Gasteiger partial charge in [-0.3, -0.25) is 0 Å². The molecule has 4 heteroatoms. The maximum absolute atomic E-state index is 5.96. The lowest BCUT2D eigenvalue weighted by Crippen LogP contribution is -2.41. The van der Waals surface area contributed by atoms with E-state index in [4.69, 9.17) is 20.9 Å². The minimum absolute atomic E-state index is 0.120. The standard InChI is InChI=1S/C14H20BClO2.C2H6/c1-13(2)14(3,4)18-15(17-13)10-9-11-5-7-12(16)8-6-11;1-2/h5-8H,9-10H2,1-4H3;1-2H3. The summed E-state index contributed by atoms with van der Waals surface area (Å²) in [5, 5.41) is 0.773. The van der Waals surface area contributed by atoms with E-state index in [1.54, 1.807) is 0 Å². The van der Waals surface area contributed by atoms with Crippen LogP contribution in [0.5, 0.6) is 0 Å². The Kier molecular flexibility index (Phi) is 6.12. The fourth-order valence-corrected chi connectivity index (χ4v) is 2.14. The van der Waals surface area contributed by atoms with Gasteiger partial charge in [-0.25, -0.2) is 0 Å². The first-order valence-electron chi connectivity index (χ1n) is 7.40. The van der Waals surface area contributed by atoms with Gasteiger partial charge in [-0.15, -0.1) is 0 Å². The van der Waals surface area contributed by atoms with Gasteiger partial charge in [0.15, 0.2) is 0 Å². The second kappa shape index (κ2) is 6.97. The molecule has 1 aliphatic rings. The number of aryl methyl sites for hydroxylation is 1. The average Bonchev–Trinajstić information content (AvgIpc) is 2.60. The molecule has 1 aromatic carbocycles. The number of hydrogen-bond acceptors (Lipinski definition) is 2. The van der Waals surface area contributed by atoms with Crippen LogP contribution in [0.3, 0.4) is 0 Å². The van der Waals surface area contributed by atoms with Gasteiger partial charge in [0.05, 0.1) is 11.2 Å². The zero-order chi connectivity index (χ0) is 15.4. The molecular formula is C16H26BClO2. The van der Waals surface area contributed by atoms with Crippen molar-refractivity contribution in [1.82, 2.24) is 0 Å². The Hall–Kier alpha value is -0.505. The second-order valence-electron chi connectivity index (χ2n) is 5.85. The van der Waals surface area contributed by atoms with Gasteiger partial charge >= 0.3 is 7.12 Å². The molecule has 0 bridgehead atoms. The lowest BCUT2D eigenvalue weighted by molar-refractivity contribution is 0.00578. The molecule has 0 amide bonds. The summed E-state index contributed by atoms with van der Waals surface area (Å²) >= 11 is 5.86. The van der Waals surface area contributed by atoms with E-state index in [9.17, 15) is 0 Å². The smallest absolute Gasteiger partial charge is 0.403 e. The lowest BCUT2D eigenvalue weighted by atomic mass is 9.81. The molecule has 2 nitrogen and oxygen atoms in total. The predicted octanol–water partition coefficient (Wildman–Crippen LogP) is 5.00. The van der Waals surface area contributed by atoms with Crippen molar-refractivity contribution in [3.05, 3.63) is 34.9 Å². The number of halogens is 1. The van der Waals surface area contributed by atoms with Crippen molar-refractivity contribution in [3.63, 3.8) is 0 Å². The van der Waals surface area contributed by atoms with Crippen LogP contribution in [-0.2, 0) is 15.7 Å². The van der Waals surface area contributed by atoms with E-state index < -0.39 is 0 Å². The van der Waals surface area contributed by atoms with Crippen molar-refractivity contribution in [2.24, 2.45) is 0 Å². The topological polar surface area (TPSA) is 18.5 Å². The second-order valence-corrected chi connectivity index (χ2v) is 6.29. The molecular weight excluding hydrogens is 270 g/mol. The maximum Gasteiger partial charge on any atom is 0.458 e. The van der Waals surface area contributed by atoms with Gasteiger partial charge in [-0.2, -0.15) is 0 Å². The summed E-state index contributed by atoms with van der Waals surface area (Å²) in [4.78, 5) is 0. The molecule has 0 unspecified atom stereocenters. The minimum atomic E-state index is -0.238. The predicted molar refractivity (Wildman–Crippen MR) is 87.4 cm³/mol. The van der Waals surface area contributed by atoms with E-state index in [1.807, 2.05) is 38.1 Å². The van der Waals surface area contributed by atoms with E-state index in [2.05, 4.69) is 27.7 Å². The fraction of sp³-hybridized carbons (Fsp3) is 0.625. The monoisotopic (exact) mass is 296 g/mol. The van der Waals surface area contributed by atoms with Crippen LogP contribution in [0.25, 0.3) is 0 Å². The highest BCUT2D eigenvalue weighted by molar-refractivity contribution is 6.45. The van der Waals surface area contributed by atoms with Gasteiger partial charge in [0.2, 0.25) is 0 Å². The highest BCUT2D eigenvalue weighted by atomic mass is 35.5. The Morgan fingerprint density at radius 2 is 1.40 bits per heavy atom. The number of benzene rings is 1. The molecule has 1 saturated heterocycles. The summed E-state index contributed by atoms with van der Waals surface area (Å²) in [5.41, 5.74) is 0.782. The third-order valence-corrected chi connectivity index (χ3v) is 4.14. The first-order valence-corrected chi connectivity index (χ1v) is 7.78. The number of rotatable bonds is 3. The van der Waals surface area contributed by atoms with E-state index in [0.29, 0.717) is 0 Å². The summed E-state index contributed by atoms with van der Waals surface area (Å²) < 4.78 is 11.9. The highest BCUT2D eigenvalue weighted by Crippen LogP contribution is 2.37. The molecule has 0 saturated carbocycles. The van der Waals surface area contributed by atoms with Crippen LogP contribution in [0.4, 0.5) is 0 Å². The highest BCUT2D eigenvalue weighted by Gasteiger charge is 2.50. The quantitative estimate of drug-likeness (QED) is 0.731. The third kappa shape index (κ3) is 4.24. The largest absolute Gasteiger partial charge is 0.458 e. The first kappa shape index (κ1) is 17.5. The lowest BCUT2D eigenvalue weighted by Gasteiger charge is -2.32. The minimum Gasteiger partial charge on any atom is -0.403 e. The molecule has 20 heavy (non-hydrogen) atoms. The van der Waals surface area contributed by atoms with Gasteiger partial charge in [-0.05, 0) is 58.1 Å². The van der Waals surface area contributed by atoms with Gasteiger partial charge in [0.25, 0.3) is 0 Å². The van der Waals surface area contributed by atoms with Gasteiger partial charge < -0.3 is 9.31 Å². The molecule has 0 atom stereocenters. The van der Waals surface area contributed by atoms with E-state index >= 15 is 0 Å². The molecule has 112 valence electrons. The Labute approximate surface area is 129 Å². The van der Waals surface area contributed by atoms with Crippen LogP contribution in [0, 0.1) is 0 Å². The van der Waals surface area contributed by atoms with Crippen molar-refractivity contribution in [2.75, 3.05) is 0 Å². The molecule has 0 aliphatic carbocycles. The maximum atomic E-state index is 5.96. The Bertz CT molecular complexity index is 399. The third-order valence-electron chi connectivity index (χ3n) is 3.88. The molecule has 0 radical (unpaired) electrons. The molecule has 0 N–H and O–H groups in total. The molecule has 1 fully saturated rings. The van der Waals surface area contributed by atoms with Gasteiger partial charge in [-0.1, -0.05) is 37.6 Å². The van der Waals surface area contributed by atoms with Crippen molar-refractivity contribution < 1.29 is 9.31 Å². The first-order chi connectivity index (χ1) is 9.30. The molecule has 1 aliphatic heterocycles. The zero-order valence-electron chi connectivity index (χ0n) is 13.5. The van der Waals surface area contributed by atoms with Crippen LogP contribution in [0.1, 0.15) is 47.1 Å². The van der Waals surface area contributed by atoms with Crippen LogP contribution in [0.2, 0.25) is 11.3 Å². The Balaban J connectivity index is 0.000000956. The van der Waals surface area contributed by atoms with E-state index in [1.165, 1.54) is 5.56 Å². The van der Waals surface area contributed by atoms with Crippen LogP contribution >= 0.6 is 11.6 Å². The average molecular weight is 297 g/mol. The summed E-state index contributed by atoms with van der Waals surface area (Å²) in [6, 6.07) is 7.93. The van der Waals surface area contributed by atoms with Crippen molar-refractivity contribution in [3.8, 4) is 0 Å². The summed E-state index contributed by atoms with van der Waals surface area (Å²) in [6.45, 7) is 12.3. The fourth-order valence-electron chi connectivity index (χ4n) is 2.02. The SMILES string of the molecule is CC.CC1(C)OB(CCc2ccc(Cl)cc2)OC1(C)C. The molecule has 1 aromatic rings. The normalized spacial score (nSPS) is 19.4. The van der Waals surface area contributed by atoms with Crippen LogP contribution in [0.15, 0.2) is 24.3 Å². The molecule has 1 heterocycles. The van der Waals surface area contributed by atoms with Gasteiger partial charge in [0.1, 0.15) is 0 Å². The summed E-state index contributed by atoms with van der Waals surface area (Å²) in [7, 11) is -0.120. The molecule has 2 rings (SSSR count). The summed E-state index contributed by atoms with van der Waals surface area (Å²) in [6.07, 6.45) is 1.81. The van der Waals surface area contributed by atoms with Crippen LogP contribution < -0.4 is 0 Å². The molecule has 0 spiro atoms. The van der Waals surface area contributed by atoms with Crippen molar-refractivity contribution >= 4 is 18.7 Å². The van der Waals surface area contributed by atoms with Crippen molar-refractivity contribution in [1.29, 1.82) is 0 Å². The zero-order valence-corrected chi connectivity index (χ0v) is 14.3. The molecule has 0 aromatic heterocycles. The van der Waals surface area contributed by atoms with Gasteiger partial charge in [0, 0.05) is 5.02 Å². The van der Waals surface area contributed by atoms with E-state index in [0.717, 1.165) is 17.8 Å². The number of hydrogen-bond donors (Lipinski definition) is 0. The van der Waals surface area contributed by atoms with E-state index in [-0.39, 0.29) is 18.3 Å². The Morgan fingerprint density at radius 1 is 0.950 bits per heavy atom. The van der Waals surface area contributed by atoms with Crippen LogP contribution in [-0.4, -0.2) is 18.3 Å². The van der Waals surface area contributed by atoms with Crippen molar-refractivity contribution in [2.45, 2.75) is 65.5 Å². The Morgan fingerprint density at radius 3 is 1.85 bits per heavy atom. The summed E-state index contributed by atoms with van der Waals surface area (Å²) in [5.74, 6) is 0.